The molecule has 1 aromatic carbocycles. The molecular formula is C6H4BBrF2O2. The normalized spacial score (nSPS) is 10.1. The van der Waals surface area contributed by atoms with Crippen molar-refractivity contribution in [1.82, 2.24) is 0 Å². The molecule has 0 bridgehead atoms. The molecule has 1 rings (SSSR count). The predicted molar refractivity (Wildman–Crippen MR) is 43.9 cm³/mol. The van der Waals surface area contributed by atoms with Crippen LogP contribution in [0.2, 0.25) is 0 Å². The lowest BCUT2D eigenvalue weighted by Crippen LogP contribution is -2.33. The summed E-state index contributed by atoms with van der Waals surface area (Å²) in [4.78, 5) is 0. The summed E-state index contributed by atoms with van der Waals surface area (Å²) in [6, 6.07) is 2.00. The SMILES string of the molecule is OB(O)c1cc(Br)cc(F)c1F. The average Bonchev–Trinajstić information content (AvgIpc) is 1.96. The topological polar surface area (TPSA) is 40.5 Å². The molecule has 1 aromatic rings. The molecule has 0 aliphatic rings. The van der Waals surface area contributed by atoms with Crippen LogP contribution >= 0.6 is 15.9 Å². The minimum atomic E-state index is -2.00. The van der Waals surface area contributed by atoms with Crippen molar-refractivity contribution in [2.75, 3.05) is 0 Å². The van der Waals surface area contributed by atoms with E-state index in [1.54, 1.807) is 0 Å². The summed E-state index contributed by atoms with van der Waals surface area (Å²) >= 11 is 2.89. The maximum Gasteiger partial charge on any atom is 0.491 e. The highest BCUT2D eigenvalue weighted by Gasteiger charge is 2.19. The van der Waals surface area contributed by atoms with Crippen LogP contribution in [0, 0.1) is 11.6 Å². The van der Waals surface area contributed by atoms with Crippen molar-refractivity contribution >= 4 is 28.5 Å². The van der Waals surface area contributed by atoms with Crippen molar-refractivity contribution < 1.29 is 18.8 Å². The van der Waals surface area contributed by atoms with Crippen molar-refractivity contribution in [3.8, 4) is 0 Å². The van der Waals surface area contributed by atoms with E-state index in [1.807, 2.05) is 0 Å². The van der Waals surface area contributed by atoms with E-state index in [1.165, 1.54) is 0 Å². The molecule has 0 unspecified atom stereocenters. The van der Waals surface area contributed by atoms with Gasteiger partial charge in [0.05, 0.1) is 0 Å². The Morgan fingerprint density at radius 2 is 1.83 bits per heavy atom. The number of hydrogen-bond acceptors (Lipinski definition) is 2. The van der Waals surface area contributed by atoms with Crippen molar-refractivity contribution in [3.63, 3.8) is 0 Å². The van der Waals surface area contributed by atoms with E-state index in [-0.39, 0.29) is 4.47 Å². The second-order valence-electron chi connectivity index (χ2n) is 2.16. The van der Waals surface area contributed by atoms with Gasteiger partial charge in [0, 0.05) is 9.94 Å². The number of benzene rings is 1. The largest absolute Gasteiger partial charge is 0.491 e. The number of hydrogen-bond donors (Lipinski definition) is 2. The molecule has 2 nitrogen and oxygen atoms in total. The smallest absolute Gasteiger partial charge is 0.423 e. The van der Waals surface area contributed by atoms with Crippen LogP contribution < -0.4 is 5.46 Å². The molecule has 0 aromatic heterocycles. The summed E-state index contributed by atoms with van der Waals surface area (Å²) in [5, 5.41) is 17.2. The van der Waals surface area contributed by atoms with Crippen LogP contribution in [-0.4, -0.2) is 17.2 Å². The van der Waals surface area contributed by atoms with E-state index in [2.05, 4.69) is 15.9 Å². The molecule has 0 amide bonds. The van der Waals surface area contributed by atoms with Gasteiger partial charge in [0.25, 0.3) is 0 Å². The lowest BCUT2D eigenvalue weighted by atomic mass is 9.80. The molecule has 0 saturated carbocycles. The third kappa shape index (κ3) is 1.82. The Balaban J connectivity index is 3.28. The molecule has 2 N–H and O–H groups in total. The molecule has 0 fully saturated rings. The first-order valence-corrected chi connectivity index (χ1v) is 3.82. The molecule has 12 heavy (non-hydrogen) atoms. The van der Waals surface area contributed by atoms with Gasteiger partial charge in [0.15, 0.2) is 11.6 Å². The van der Waals surface area contributed by atoms with Crippen LogP contribution in [0.4, 0.5) is 8.78 Å². The zero-order chi connectivity index (χ0) is 9.30. The van der Waals surface area contributed by atoms with Gasteiger partial charge < -0.3 is 10.0 Å². The van der Waals surface area contributed by atoms with E-state index in [0.717, 1.165) is 12.1 Å². The van der Waals surface area contributed by atoms with E-state index < -0.39 is 24.2 Å². The molecule has 6 heteroatoms. The average molecular weight is 237 g/mol. The molecule has 0 aliphatic heterocycles. The van der Waals surface area contributed by atoms with Crippen molar-refractivity contribution in [2.45, 2.75) is 0 Å². The van der Waals surface area contributed by atoms with Crippen LogP contribution in [0.1, 0.15) is 0 Å². The van der Waals surface area contributed by atoms with Gasteiger partial charge in [-0.15, -0.1) is 0 Å². The van der Waals surface area contributed by atoms with Crippen LogP contribution in [0.15, 0.2) is 16.6 Å². The van der Waals surface area contributed by atoms with Crippen molar-refractivity contribution in [3.05, 3.63) is 28.2 Å². The minimum Gasteiger partial charge on any atom is -0.423 e. The minimum absolute atomic E-state index is 0.254. The van der Waals surface area contributed by atoms with Crippen molar-refractivity contribution in [2.24, 2.45) is 0 Å². The maximum absolute atomic E-state index is 12.7. The molecular weight excluding hydrogens is 233 g/mol. The molecule has 0 spiro atoms. The van der Waals surface area contributed by atoms with Gasteiger partial charge in [0.2, 0.25) is 0 Å². The quantitative estimate of drug-likeness (QED) is 0.548. The Kier molecular flexibility index (Phi) is 2.82. The Morgan fingerprint density at radius 1 is 1.25 bits per heavy atom. The van der Waals surface area contributed by atoms with Gasteiger partial charge in [-0.1, -0.05) is 15.9 Å². The zero-order valence-corrected chi connectivity index (χ0v) is 7.35. The van der Waals surface area contributed by atoms with Gasteiger partial charge in [-0.05, 0) is 12.1 Å². The van der Waals surface area contributed by atoms with E-state index in [4.69, 9.17) is 10.0 Å². The van der Waals surface area contributed by atoms with Gasteiger partial charge in [-0.25, -0.2) is 8.78 Å². The molecule has 0 atom stereocenters. The first-order valence-electron chi connectivity index (χ1n) is 3.03. The summed E-state index contributed by atoms with van der Waals surface area (Å²) in [5.74, 6) is -2.36. The first-order chi connectivity index (χ1) is 5.52. The fraction of sp³-hybridized carbons (Fsp3) is 0. The van der Waals surface area contributed by atoms with Crippen LogP contribution in [-0.2, 0) is 0 Å². The fourth-order valence-corrected chi connectivity index (χ4v) is 1.21. The monoisotopic (exact) mass is 236 g/mol. The lowest BCUT2D eigenvalue weighted by Gasteiger charge is -2.02. The van der Waals surface area contributed by atoms with Gasteiger partial charge in [-0.3, -0.25) is 0 Å². The third-order valence-corrected chi connectivity index (χ3v) is 1.76. The van der Waals surface area contributed by atoms with Crippen molar-refractivity contribution in [1.29, 1.82) is 0 Å². The standard InChI is InChI=1S/C6H4BBrF2O2/c8-3-1-4(7(11)12)6(10)5(9)2-3/h1-2,11-12H. The van der Waals surface area contributed by atoms with Crippen LogP contribution in [0.25, 0.3) is 0 Å². The molecule has 64 valence electrons. The third-order valence-electron chi connectivity index (χ3n) is 1.30. The summed E-state index contributed by atoms with van der Waals surface area (Å²) < 4.78 is 25.5. The highest BCUT2D eigenvalue weighted by molar-refractivity contribution is 9.10. The van der Waals surface area contributed by atoms with E-state index >= 15 is 0 Å². The summed E-state index contributed by atoms with van der Waals surface area (Å²) in [6.45, 7) is 0. The Labute approximate surface area is 76.1 Å². The summed E-state index contributed by atoms with van der Waals surface area (Å²) in [5.41, 5.74) is -0.484. The predicted octanol–water partition coefficient (Wildman–Crippen LogP) is 0.407. The summed E-state index contributed by atoms with van der Waals surface area (Å²) in [7, 11) is -2.00. The zero-order valence-electron chi connectivity index (χ0n) is 5.76. The van der Waals surface area contributed by atoms with Gasteiger partial charge >= 0.3 is 7.12 Å². The molecule has 0 heterocycles. The van der Waals surface area contributed by atoms with Crippen LogP contribution in [0.3, 0.4) is 0 Å². The van der Waals surface area contributed by atoms with Crippen LogP contribution in [0.5, 0.6) is 0 Å². The number of rotatable bonds is 1. The molecule has 0 radical (unpaired) electrons. The van der Waals surface area contributed by atoms with E-state index in [0.29, 0.717) is 0 Å². The molecule has 0 aliphatic carbocycles. The Bertz CT molecular complexity index is 306. The second kappa shape index (κ2) is 3.51. The fourth-order valence-electron chi connectivity index (χ4n) is 0.764. The second-order valence-corrected chi connectivity index (χ2v) is 3.08. The van der Waals surface area contributed by atoms with E-state index in [9.17, 15) is 8.78 Å². The first kappa shape index (κ1) is 9.63. The maximum atomic E-state index is 12.7. The number of halogens is 3. The Morgan fingerprint density at radius 3 is 2.33 bits per heavy atom. The molecule has 0 saturated heterocycles. The highest BCUT2D eigenvalue weighted by Crippen LogP contribution is 2.12. The summed E-state index contributed by atoms with van der Waals surface area (Å²) in [6.07, 6.45) is 0. The van der Waals surface area contributed by atoms with Gasteiger partial charge in [-0.2, -0.15) is 0 Å². The highest BCUT2D eigenvalue weighted by atomic mass is 79.9. The Hall–Kier alpha value is -0.455. The van der Waals surface area contributed by atoms with Gasteiger partial charge in [0.1, 0.15) is 0 Å². The lowest BCUT2D eigenvalue weighted by molar-refractivity contribution is 0.420.